The summed E-state index contributed by atoms with van der Waals surface area (Å²) in [6.07, 6.45) is 1.31. The molecule has 8 nitrogen and oxygen atoms in total. The van der Waals surface area contributed by atoms with E-state index >= 15 is 0 Å². The molecule has 0 saturated heterocycles. The van der Waals surface area contributed by atoms with Crippen molar-refractivity contribution in [1.82, 2.24) is 4.57 Å². The van der Waals surface area contributed by atoms with E-state index in [2.05, 4.69) is 20.9 Å². The van der Waals surface area contributed by atoms with E-state index in [1.807, 2.05) is 30.3 Å². The van der Waals surface area contributed by atoms with Crippen LogP contribution < -0.4 is 14.9 Å². The van der Waals surface area contributed by atoms with Crippen LogP contribution in [0.3, 0.4) is 0 Å². The number of allylic oxidation sites excluding steroid dienone is 1. The first-order valence-corrected chi connectivity index (χ1v) is 14.0. The van der Waals surface area contributed by atoms with Crippen LogP contribution in [0.4, 0.5) is 0 Å². The third kappa shape index (κ3) is 5.37. The lowest BCUT2D eigenvalue weighted by Crippen LogP contribution is -2.40. The number of rotatable bonds is 6. The number of carbonyl (C=O) groups is 2. The third-order valence-electron chi connectivity index (χ3n) is 6.24. The lowest BCUT2D eigenvalue weighted by atomic mass is 9.95. The maximum absolute atomic E-state index is 13.8. The molecule has 3 heterocycles. The molecule has 0 saturated carbocycles. The number of halogens is 1. The van der Waals surface area contributed by atoms with Crippen LogP contribution in [0, 0.1) is 0 Å². The van der Waals surface area contributed by atoms with Gasteiger partial charge in [0.25, 0.3) is 5.56 Å². The number of methoxy groups -OCH3 is 1. The molecule has 204 valence electrons. The van der Waals surface area contributed by atoms with E-state index in [0.717, 1.165) is 10.0 Å². The van der Waals surface area contributed by atoms with E-state index < -0.39 is 18.0 Å². The van der Waals surface area contributed by atoms with Crippen LogP contribution in [-0.4, -0.2) is 29.7 Å². The SMILES string of the molecule is COC(=O)c1ccc(C2C(C(=O)OC(C)C)=C(C)N=c3sc(=Cc4ccc(-c5cccc(Br)c5)o4)c(=O)n32)cc1. The number of hydrogen-bond acceptors (Lipinski definition) is 8. The molecular weight excluding hydrogens is 596 g/mol. The van der Waals surface area contributed by atoms with E-state index in [1.54, 1.807) is 57.2 Å². The van der Waals surface area contributed by atoms with Crippen molar-refractivity contribution in [2.75, 3.05) is 7.11 Å². The molecule has 2 aromatic heterocycles. The van der Waals surface area contributed by atoms with Crippen LogP contribution in [-0.2, 0) is 14.3 Å². The highest BCUT2D eigenvalue weighted by atomic mass is 79.9. The van der Waals surface area contributed by atoms with Gasteiger partial charge in [0.1, 0.15) is 11.5 Å². The van der Waals surface area contributed by atoms with E-state index in [-0.39, 0.29) is 17.2 Å². The first-order chi connectivity index (χ1) is 19.2. The first kappa shape index (κ1) is 27.5. The fourth-order valence-electron chi connectivity index (χ4n) is 4.45. The van der Waals surface area contributed by atoms with Gasteiger partial charge in [0.2, 0.25) is 0 Å². The highest BCUT2D eigenvalue weighted by Gasteiger charge is 2.34. The maximum atomic E-state index is 13.8. The number of fused-ring (bicyclic) bond motifs is 1. The molecule has 40 heavy (non-hydrogen) atoms. The van der Waals surface area contributed by atoms with Gasteiger partial charge in [-0.2, -0.15) is 0 Å². The number of nitrogens with zero attached hydrogens (tertiary/aromatic N) is 2. The van der Waals surface area contributed by atoms with Crippen molar-refractivity contribution < 1.29 is 23.5 Å². The van der Waals surface area contributed by atoms with Gasteiger partial charge in [0.05, 0.1) is 40.6 Å². The second-order valence-corrected chi connectivity index (χ2v) is 11.3. The lowest BCUT2D eigenvalue weighted by molar-refractivity contribution is -0.143. The second kappa shape index (κ2) is 11.2. The Labute approximate surface area is 242 Å². The summed E-state index contributed by atoms with van der Waals surface area (Å²) >= 11 is 4.68. The van der Waals surface area contributed by atoms with Crippen molar-refractivity contribution in [3.8, 4) is 11.3 Å². The van der Waals surface area contributed by atoms with Gasteiger partial charge in [-0.25, -0.2) is 14.6 Å². The molecular formula is C30H25BrN2O6S. The van der Waals surface area contributed by atoms with E-state index in [9.17, 15) is 14.4 Å². The Hall–Kier alpha value is -4.02. The summed E-state index contributed by atoms with van der Waals surface area (Å²) in [5.74, 6) is 0.132. The predicted octanol–water partition coefficient (Wildman–Crippen LogP) is 5.00. The number of hydrogen-bond donors (Lipinski definition) is 0. The Morgan fingerprint density at radius 1 is 1.10 bits per heavy atom. The topological polar surface area (TPSA) is 100 Å². The molecule has 4 aromatic rings. The average molecular weight is 622 g/mol. The summed E-state index contributed by atoms with van der Waals surface area (Å²) in [4.78, 5) is 44.1. The summed E-state index contributed by atoms with van der Waals surface area (Å²) in [5, 5.41) is 0. The molecule has 10 heteroatoms. The van der Waals surface area contributed by atoms with Crippen LogP contribution in [0.5, 0.6) is 0 Å². The van der Waals surface area contributed by atoms with Crippen LogP contribution in [0.1, 0.15) is 48.5 Å². The zero-order valence-electron chi connectivity index (χ0n) is 22.1. The molecule has 0 bridgehead atoms. The summed E-state index contributed by atoms with van der Waals surface area (Å²) in [7, 11) is 1.31. The number of furan rings is 1. The fraction of sp³-hybridized carbons (Fsp3) is 0.200. The van der Waals surface area contributed by atoms with Crippen molar-refractivity contribution in [2.24, 2.45) is 4.99 Å². The van der Waals surface area contributed by atoms with Gasteiger partial charge in [-0.05, 0) is 62.7 Å². The van der Waals surface area contributed by atoms with Gasteiger partial charge < -0.3 is 13.9 Å². The van der Waals surface area contributed by atoms with Crippen molar-refractivity contribution in [3.63, 3.8) is 0 Å². The number of esters is 2. The maximum Gasteiger partial charge on any atom is 0.338 e. The van der Waals surface area contributed by atoms with Gasteiger partial charge in [-0.15, -0.1) is 0 Å². The Kier molecular flexibility index (Phi) is 7.73. The van der Waals surface area contributed by atoms with Crippen LogP contribution >= 0.6 is 27.3 Å². The third-order valence-corrected chi connectivity index (χ3v) is 7.72. The quantitative estimate of drug-likeness (QED) is 0.281. The number of carbonyl (C=O) groups excluding carboxylic acids is 2. The Balaban J connectivity index is 1.63. The molecule has 0 amide bonds. The van der Waals surface area contributed by atoms with Crippen molar-refractivity contribution >= 4 is 45.3 Å². The van der Waals surface area contributed by atoms with Crippen LogP contribution in [0.15, 0.2) is 90.6 Å². The van der Waals surface area contributed by atoms with Crippen LogP contribution in [0.2, 0.25) is 0 Å². The lowest BCUT2D eigenvalue weighted by Gasteiger charge is -2.25. The zero-order valence-corrected chi connectivity index (χ0v) is 24.5. The molecule has 0 spiro atoms. The normalized spacial score (nSPS) is 15.2. The standard InChI is InChI=1S/C30H25BrN2O6S/c1-16(2)38-29(36)25-17(3)32-30-33(26(25)18-8-10-19(11-9-18)28(35)37-4)27(34)24(40-30)15-22-12-13-23(39-22)20-6-5-7-21(31)14-20/h5-16,26H,1-4H3. The number of thiazole rings is 1. The minimum atomic E-state index is -0.801. The summed E-state index contributed by atoms with van der Waals surface area (Å²) in [6.45, 7) is 5.24. The molecule has 0 fully saturated rings. The summed E-state index contributed by atoms with van der Waals surface area (Å²) in [6, 6.07) is 17.2. The van der Waals surface area contributed by atoms with E-state index in [0.29, 0.717) is 37.7 Å². The molecule has 1 aliphatic heterocycles. The molecule has 1 aliphatic rings. The second-order valence-electron chi connectivity index (χ2n) is 9.36. The van der Waals surface area contributed by atoms with Gasteiger partial charge in [0, 0.05) is 16.1 Å². The minimum absolute atomic E-state index is 0.258. The monoisotopic (exact) mass is 620 g/mol. The molecule has 2 aromatic carbocycles. The molecule has 5 rings (SSSR count). The molecule has 1 atom stereocenters. The Morgan fingerprint density at radius 3 is 2.52 bits per heavy atom. The molecule has 0 radical (unpaired) electrons. The highest BCUT2D eigenvalue weighted by Crippen LogP contribution is 2.31. The molecule has 0 aliphatic carbocycles. The van der Waals surface area contributed by atoms with Gasteiger partial charge in [-0.3, -0.25) is 9.36 Å². The number of ether oxygens (including phenoxy) is 2. The van der Waals surface area contributed by atoms with Crippen molar-refractivity contribution in [2.45, 2.75) is 32.9 Å². The largest absolute Gasteiger partial charge is 0.465 e. The van der Waals surface area contributed by atoms with Crippen molar-refractivity contribution in [3.05, 3.63) is 113 Å². The number of benzene rings is 2. The van der Waals surface area contributed by atoms with Crippen LogP contribution in [0.25, 0.3) is 17.4 Å². The first-order valence-electron chi connectivity index (χ1n) is 12.4. The highest BCUT2D eigenvalue weighted by molar-refractivity contribution is 9.10. The Bertz CT molecular complexity index is 1830. The smallest absolute Gasteiger partial charge is 0.338 e. The van der Waals surface area contributed by atoms with Gasteiger partial charge in [-0.1, -0.05) is 51.5 Å². The average Bonchev–Trinajstić information content (AvgIpc) is 3.51. The zero-order chi connectivity index (χ0) is 28.6. The Morgan fingerprint density at radius 2 is 1.85 bits per heavy atom. The van der Waals surface area contributed by atoms with E-state index in [1.165, 1.54) is 23.0 Å². The predicted molar refractivity (Wildman–Crippen MR) is 155 cm³/mol. The summed E-state index contributed by atoms with van der Waals surface area (Å²) in [5.41, 5.74) is 2.26. The summed E-state index contributed by atoms with van der Waals surface area (Å²) < 4.78 is 19.2. The van der Waals surface area contributed by atoms with Gasteiger partial charge >= 0.3 is 11.9 Å². The fourth-order valence-corrected chi connectivity index (χ4v) is 5.88. The van der Waals surface area contributed by atoms with Gasteiger partial charge in [0.15, 0.2) is 4.80 Å². The van der Waals surface area contributed by atoms with E-state index in [4.69, 9.17) is 13.9 Å². The number of aromatic nitrogens is 1. The molecule has 0 N–H and O–H groups in total. The minimum Gasteiger partial charge on any atom is -0.465 e. The van der Waals surface area contributed by atoms with Crippen molar-refractivity contribution in [1.29, 1.82) is 0 Å². The molecule has 1 unspecified atom stereocenters.